The van der Waals surface area contributed by atoms with Gasteiger partial charge in [0.1, 0.15) is 12.1 Å². The topological polar surface area (TPSA) is 82.7 Å². The Kier molecular flexibility index (Phi) is 7.98. The third-order valence-corrected chi connectivity index (χ3v) is 14.9. The Morgan fingerprint density at radius 3 is 2.28 bits per heavy atom. The molecule has 3 saturated heterocycles. The number of carbonyl (C=O) groups is 2. The third kappa shape index (κ3) is 5.19. The molecule has 1 spiro atoms. The van der Waals surface area contributed by atoms with Crippen molar-refractivity contribution in [2.75, 3.05) is 26.7 Å². The molecule has 3 heterocycles. The molecular formula is C36H60N4O3. The van der Waals surface area contributed by atoms with Crippen LogP contribution in [-0.2, 0) is 14.3 Å². The van der Waals surface area contributed by atoms with Crippen LogP contribution in [0.25, 0.3) is 0 Å². The monoisotopic (exact) mass is 596 g/mol. The van der Waals surface area contributed by atoms with Crippen molar-refractivity contribution >= 4 is 11.8 Å². The molecule has 7 heteroatoms. The van der Waals surface area contributed by atoms with E-state index in [1.54, 1.807) is 0 Å². The lowest BCUT2D eigenvalue weighted by Gasteiger charge is -2.61. The van der Waals surface area contributed by atoms with Crippen LogP contribution in [0.3, 0.4) is 0 Å². The van der Waals surface area contributed by atoms with Gasteiger partial charge in [-0.25, -0.2) is 0 Å². The van der Waals surface area contributed by atoms with E-state index in [-0.39, 0.29) is 36.0 Å². The molecule has 4 saturated carbocycles. The number of rotatable bonds is 4. The van der Waals surface area contributed by atoms with E-state index < -0.39 is 0 Å². The van der Waals surface area contributed by atoms with Crippen LogP contribution >= 0.6 is 0 Å². The van der Waals surface area contributed by atoms with Crippen molar-refractivity contribution in [2.45, 2.75) is 135 Å². The zero-order chi connectivity index (χ0) is 30.1. The highest BCUT2D eigenvalue weighted by molar-refractivity contribution is 5.97. The second kappa shape index (κ2) is 11.3. The van der Waals surface area contributed by atoms with Gasteiger partial charge >= 0.3 is 0 Å². The van der Waals surface area contributed by atoms with E-state index in [9.17, 15) is 9.59 Å². The lowest BCUT2D eigenvalue weighted by molar-refractivity contribution is -0.137. The molecule has 7 rings (SSSR count). The van der Waals surface area contributed by atoms with Gasteiger partial charge in [-0.15, -0.1) is 0 Å². The van der Waals surface area contributed by atoms with E-state index in [1.165, 1.54) is 51.4 Å². The summed E-state index contributed by atoms with van der Waals surface area (Å²) in [7, 11) is 2.12. The summed E-state index contributed by atoms with van der Waals surface area (Å²) in [6.07, 6.45) is 14.8. The van der Waals surface area contributed by atoms with Gasteiger partial charge in [0.15, 0.2) is 0 Å². The van der Waals surface area contributed by atoms with Gasteiger partial charge in [-0.1, -0.05) is 27.7 Å². The zero-order valence-electron chi connectivity index (χ0n) is 27.8. The normalized spacial score (nSPS) is 49.9. The van der Waals surface area contributed by atoms with Crippen molar-refractivity contribution in [1.29, 1.82) is 0 Å². The Labute approximate surface area is 260 Å². The molecular weight excluding hydrogens is 536 g/mol. The lowest BCUT2D eigenvalue weighted by Crippen LogP contribution is -2.58. The van der Waals surface area contributed by atoms with Crippen LogP contribution in [0.4, 0.5) is 0 Å². The molecule has 12 atom stereocenters. The minimum Gasteiger partial charge on any atom is -0.357 e. The summed E-state index contributed by atoms with van der Waals surface area (Å²) >= 11 is 0. The molecule has 2 amide bonds. The molecule has 3 N–H and O–H groups in total. The van der Waals surface area contributed by atoms with Crippen LogP contribution < -0.4 is 16.0 Å². The molecule has 0 aromatic rings. The first kappa shape index (κ1) is 30.5. The van der Waals surface area contributed by atoms with Crippen LogP contribution in [0, 0.1) is 52.3 Å². The second-order valence-electron chi connectivity index (χ2n) is 17.2. The molecule has 0 unspecified atom stereocenters. The van der Waals surface area contributed by atoms with Crippen molar-refractivity contribution in [1.82, 2.24) is 20.9 Å². The average molecular weight is 597 g/mol. The Bertz CT molecular complexity index is 1070. The Morgan fingerprint density at radius 2 is 1.56 bits per heavy atom. The predicted octanol–water partition coefficient (Wildman–Crippen LogP) is 5.09. The summed E-state index contributed by atoms with van der Waals surface area (Å²) in [5.74, 6) is 4.93. The zero-order valence-corrected chi connectivity index (χ0v) is 27.8. The summed E-state index contributed by atoms with van der Waals surface area (Å²) in [5, 5.41) is 10.3. The predicted molar refractivity (Wildman–Crippen MR) is 169 cm³/mol. The van der Waals surface area contributed by atoms with Crippen molar-refractivity contribution < 1.29 is 14.3 Å². The van der Waals surface area contributed by atoms with Gasteiger partial charge in [-0.05, 0) is 144 Å². The molecule has 0 radical (unpaired) electrons. The van der Waals surface area contributed by atoms with E-state index >= 15 is 0 Å². The molecule has 4 aliphatic carbocycles. The Morgan fingerprint density at radius 1 is 0.837 bits per heavy atom. The van der Waals surface area contributed by atoms with Gasteiger partial charge in [0.25, 0.3) is 0 Å². The second-order valence-corrected chi connectivity index (χ2v) is 17.2. The number of ether oxygens (including phenoxy) is 1. The SMILES string of the molecule is C[C@@H]1CC[C@@]2(NC1)O[C@H]1C[C@H]3[C@@H]4CC[C@@H]5C[C@H](NC(=O)CC(=O)NC6CCN(C)CC6)CC[C@]5(C)[C@H]4CC[C@]3(C)[C@H]1[C@@H]2C. The molecule has 7 aliphatic rings. The van der Waals surface area contributed by atoms with Gasteiger partial charge in [0.2, 0.25) is 11.8 Å². The maximum absolute atomic E-state index is 12.9. The summed E-state index contributed by atoms with van der Waals surface area (Å²) < 4.78 is 7.09. The lowest BCUT2D eigenvalue weighted by atomic mass is 9.44. The summed E-state index contributed by atoms with van der Waals surface area (Å²) in [6.45, 7) is 13.3. The fraction of sp³-hybridized carbons (Fsp3) is 0.944. The van der Waals surface area contributed by atoms with Gasteiger partial charge in [-0.2, -0.15) is 0 Å². The highest BCUT2D eigenvalue weighted by Gasteiger charge is 2.68. The highest BCUT2D eigenvalue weighted by Crippen LogP contribution is 2.71. The standard InChI is InChI=1S/C36H60N4O3/c1-22-8-15-36(37-21-22)23(2)33-30(43-36)19-29-27-7-6-24-18-26(9-13-34(24,3)28(27)10-14-35(29,33)4)39-32(42)20-31(41)38-25-11-16-40(5)17-12-25/h22-30,33,37H,6-21H2,1-5H3,(H,38,41)(H,39,42)/t22-,23+,24-,26-,27-,28+,29+,30+,33+,34+,35+,36-/m1/s1. The fourth-order valence-corrected chi connectivity index (χ4v) is 12.4. The Hall–Kier alpha value is -1.18. The minimum absolute atomic E-state index is 0.0333. The number of likely N-dealkylation sites (tertiary alicyclic amines) is 1. The van der Waals surface area contributed by atoms with Crippen molar-refractivity contribution in [3.63, 3.8) is 0 Å². The average Bonchev–Trinajstić information content (AvgIpc) is 3.41. The van der Waals surface area contributed by atoms with E-state index in [0.29, 0.717) is 34.7 Å². The quantitative estimate of drug-likeness (QED) is 0.394. The maximum atomic E-state index is 12.9. The van der Waals surface area contributed by atoms with Crippen LogP contribution in [0.15, 0.2) is 0 Å². The molecule has 3 aliphatic heterocycles. The summed E-state index contributed by atoms with van der Waals surface area (Å²) in [4.78, 5) is 27.8. The first-order chi connectivity index (χ1) is 20.5. The van der Waals surface area contributed by atoms with E-state index in [2.05, 4.69) is 55.6 Å². The van der Waals surface area contributed by atoms with E-state index in [4.69, 9.17) is 4.74 Å². The number of piperidine rings is 2. The van der Waals surface area contributed by atoms with Gasteiger partial charge in [0.05, 0.1) is 6.10 Å². The molecule has 43 heavy (non-hydrogen) atoms. The molecule has 0 aromatic heterocycles. The smallest absolute Gasteiger partial charge is 0.229 e. The van der Waals surface area contributed by atoms with Crippen LogP contribution in [0.2, 0.25) is 0 Å². The minimum atomic E-state index is -0.113. The first-order valence-electron chi connectivity index (χ1n) is 18.2. The summed E-state index contributed by atoms with van der Waals surface area (Å²) in [6, 6.07) is 0.427. The van der Waals surface area contributed by atoms with Gasteiger partial charge in [-0.3, -0.25) is 14.9 Å². The number of carbonyl (C=O) groups excluding carboxylic acids is 2. The van der Waals surface area contributed by atoms with Crippen molar-refractivity contribution in [2.24, 2.45) is 52.3 Å². The molecule has 0 aromatic carbocycles. The number of hydrogen-bond acceptors (Lipinski definition) is 5. The third-order valence-electron chi connectivity index (χ3n) is 14.9. The first-order valence-corrected chi connectivity index (χ1v) is 18.2. The van der Waals surface area contributed by atoms with Crippen molar-refractivity contribution in [3.05, 3.63) is 0 Å². The molecule has 7 nitrogen and oxygen atoms in total. The highest BCUT2D eigenvalue weighted by atomic mass is 16.5. The van der Waals surface area contributed by atoms with Gasteiger partial charge < -0.3 is 20.3 Å². The maximum Gasteiger partial charge on any atom is 0.229 e. The van der Waals surface area contributed by atoms with Crippen LogP contribution in [0.1, 0.15) is 111 Å². The Balaban J connectivity index is 0.948. The van der Waals surface area contributed by atoms with Gasteiger partial charge in [0, 0.05) is 24.5 Å². The largest absolute Gasteiger partial charge is 0.357 e. The number of hydrogen-bond donors (Lipinski definition) is 3. The van der Waals surface area contributed by atoms with Crippen LogP contribution in [-0.4, -0.2) is 67.3 Å². The number of nitrogens with zero attached hydrogens (tertiary/aromatic N) is 1. The van der Waals surface area contributed by atoms with E-state index in [0.717, 1.165) is 69.0 Å². The van der Waals surface area contributed by atoms with Crippen LogP contribution in [0.5, 0.6) is 0 Å². The van der Waals surface area contributed by atoms with E-state index in [1.807, 2.05) is 0 Å². The number of amides is 2. The molecule has 242 valence electrons. The number of nitrogens with one attached hydrogen (secondary N) is 3. The molecule has 7 fully saturated rings. The fourth-order valence-electron chi connectivity index (χ4n) is 12.4. The van der Waals surface area contributed by atoms with Crippen molar-refractivity contribution in [3.8, 4) is 0 Å². The summed E-state index contributed by atoms with van der Waals surface area (Å²) in [5.41, 5.74) is 0.706. The molecule has 0 bridgehead atoms. The number of fused-ring (bicyclic) bond motifs is 7.